The second-order valence-corrected chi connectivity index (χ2v) is 4.29. The maximum atomic E-state index is 11.5. The van der Waals surface area contributed by atoms with Crippen LogP contribution in [-0.4, -0.2) is 56.7 Å². The van der Waals surface area contributed by atoms with E-state index in [1.165, 1.54) is 0 Å². The number of nitrogens with zero attached hydrogens (tertiary/aromatic N) is 1. The van der Waals surface area contributed by atoms with Crippen LogP contribution in [0.2, 0.25) is 0 Å². The summed E-state index contributed by atoms with van der Waals surface area (Å²) in [6.45, 7) is 5.58. The highest BCUT2D eigenvalue weighted by atomic mass is 16.5. The molecule has 0 rings (SSSR count). The quantitative estimate of drug-likeness (QED) is 0.607. The SMILES string of the molecule is CCC(C)NC(=O)CN(C)CC(N)COC. The van der Waals surface area contributed by atoms with Crippen LogP contribution in [-0.2, 0) is 9.53 Å². The van der Waals surface area contributed by atoms with Gasteiger partial charge in [-0.25, -0.2) is 0 Å². The van der Waals surface area contributed by atoms with Crippen molar-refractivity contribution in [2.45, 2.75) is 32.4 Å². The Labute approximate surface area is 98.3 Å². The molecule has 0 fully saturated rings. The zero-order valence-corrected chi connectivity index (χ0v) is 10.8. The van der Waals surface area contributed by atoms with Gasteiger partial charge in [0.1, 0.15) is 0 Å². The number of amides is 1. The Balaban J connectivity index is 3.77. The molecule has 3 N–H and O–H groups in total. The van der Waals surface area contributed by atoms with Crippen LogP contribution in [0, 0.1) is 0 Å². The number of nitrogens with one attached hydrogen (secondary N) is 1. The normalized spacial score (nSPS) is 14.9. The molecular weight excluding hydrogens is 206 g/mol. The Morgan fingerprint density at radius 3 is 2.69 bits per heavy atom. The van der Waals surface area contributed by atoms with Gasteiger partial charge in [-0.1, -0.05) is 6.92 Å². The van der Waals surface area contributed by atoms with Crippen molar-refractivity contribution >= 4 is 5.91 Å². The van der Waals surface area contributed by atoms with Crippen molar-refractivity contribution in [1.82, 2.24) is 10.2 Å². The lowest BCUT2D eigenvalue weighted by molar-refractivity contribution is -0.122. The summed E-state index contributed by atoms with van der Waals surface area (Å²) in [5, 5.41) is 2.91. The van der Waals surface area contributed by atoms with E-state index in [-0.39, 0.29) is 18.0 Å². The molecule has 2 atom stereocenters. The molecule has 0 heterocycles. The van der Waals surface area contributed by atoms with Gasteiger partial charge in [0.15, 0.2) is 0 Å². The molecular formula is C11H25N3O2. The number of methoxy groups -OCH3 is 1. The maximum absolute atomic E-state index is 11.5. The van der Waals surface area contributed by atoms with E-state index in [2.05, 4.69) is 5.32 Å². The van der Waals surface area contributed by atoms with Crippen LogP contribution in [0.3, 0.4) is 0 Å². The van der Waals surface area contributed by atoms with E-state index in [0.29, 0.717) is 19.7 Å². The number of carbonyl (C=O) groups is 1. The van der Waals surface area contributed by atoms with E-state index in [1.807, 2.05) is 25.8 Å². The van der Waals surface area contributed by atoms with Crippen LogP contribution in [0.15, 0.2) is 0 Å². The zero-order valence-electron chi connectivity index (χ0n) is 10.8. The second-order valence-electron chi connectivity index (χ2n) is 4.29. The van der Waals surface area contributed by atoms with E-state index < -0.39 is 0 Å². The molecule has 16 heavy (non-hydrogen) atoms. The largest absolute Gasteiger partial charge is 0.383 e. The van der Waals surface area contributed by atoms with E-state index in [4.69, 9.17) is 10.5 Å². The molecule has 96 valence electrons. The van der Waals surface area contributed by atoms with Crippen LogP contribution in [0.1, 0.15) is 20.3 Å². The minimum atomic E-state index is -0.0496. The topological polar surface area (TPSA) is 67.6 Å². The first-order valence-electron chi connectivity index (χ1n) is 5.72. The third-order valence-electron chi connectivity index (χ3n) is 2.36. The summed E-state index contributed by atoms with van der Waals surface area (Å²) in [6, 6.07) is 0.181. The fourth-order valence-corrected chi connectivity index (χ4v) is 1.40. The minimum absolute atomic E-state index is 0.0430. The van der Waals surface area contributed by atoms with Gasteiger partial charge in [-0.15, -0.1) is 0 Å². The van der Waals surface area contributed by atoms with Gasteiger partial charge in [0.25, 0.3) is 0 Å². The van der Waals surface area contributed by atoms with Gasteiger partial charge in [-0.2, -0.15) is 0 Å². The lowest BCUT2D eigenvalue weighted by Crippen LogP contribution is -2.44. The van der Waals surface area contributed by atoms with Crippen LogP contribution >= 0.6 is 0 Å². The van der Waals surface area contributed by atoms with Crippen molar-refractivity contribution in [3.8, 4) is 0 Å². The predicted molar refractivity (Wildman–Crippen MR) is 65.2 cm³/mol. The first-order valence-corrected chi connectivity index (χ1v) is 5.72. The van der Waals surface area contributed by atoms with Gasteiger partial charge in [0, 0.05) is 25.7 Å². The van der Waals surface area contributed by atoms with Crippen molar-refractivity contribution in [3.05, 3.63) is 0 Å². The average Bonchev–Trinajstić information content (AvgIpc) is 2.16. The average molecular weight is 231 g/mol. The van der Waals surface area contributed by atoms with Crippen LogP contribution in [0.4, 0.5) is 0 Å². The molecule has 5 nitrogen and oxygen atoms in total. The van der Waals surface area contributed by atoms with Crippen molar-refractivity contribution in [2.75, 3.05) is 33.9 Å². The molecule has 0 aromatic rings. The van der Waals surface area contributed by atoms with Gasteiger partial charge in [0.05, 0.1) is 13.2 Å². The molecule has 0 aromatic heterocycles. The fraction of sp³-hybridized carbons (Fsp3) is 0.909. The minimum Gasteiger partial charge on any atom is -0.383 e. The Morgan fingerprint density at radius 1 is 1.56 bits per heavy atom. The van der Waals surface area contributed by atoms with Gasteiger partial charge >= 0.3 is 0 Å². The van der Waals surface area contributed by atoms with E-state index in [0.717, 1.165) is 6.42 Å². The van der Waals surface area contributed by atoms with E-state index in [1.54, 1.807) is 7.11 Å². The highest BCUT2D eigenvalue weighted by Gasteiger charge is 2.11. The summed E-state index contributed by atoms with van der Waals surface area (Å²) < 4.78 is 4.94. The number of ether oxygens (including phenoxy) is 1. The molecule has 0 aliphatic heterocycles. The van der Waals surface area contributed by atoms with Gasteiger partial charge in [-0.05, 0) is 20.4 Å². The molecule has 0 bridgehead atoms. The summed E-state index contributed by atoms with van der Waals surface area (Å²) >= 11 is 0. The first kappa shape index (κ1) is 15.3. The number of carbonyl (C=O) groups excluding carboxylic acids is 1. The summed E-state index contributed by atoms with van der Waals surface area (Å²) in [5.41, 5.74) is 5.79. The van der Waals surface area contributed by atoms with Crippen LogP contribution in [0.25, 0.3) is 0 Å². The Kier molecular flexibility index (Phi) is 8.15. The van der Waals surface area contributed by atoms with Crippen molar-refractivity contribution < 1.29 is 9.53 Å². The summed E-state index contributed by atoms with van der Waals surface area (Å²) in [6.07, 6.45) is 0.943. The maximum Gasteiger partial charge on any atom is 0.234 e. The lowest BCUT2D eigenvalue weighted by Gasteiger charge is -2.21. The van der Waals surface area contributed by atoms with Gasteiger partial charge in [0.2, 0.25) is 5.91 Å². The molecule has 5 heteroatoms. The molecule has 0 aromatic carbocycles. The molecule has 0 saturated heterocycles. The zero-order chi connectivity index (χ0) is 12.6. The molecule has 0 spiro atoms. The number of likely N-dealkylation sites (N-methyl/N-ethyl adjacent to an activating group) is 1. The summed E-state index contributed by atoms with van der Waals surface area (Å²) in [4.78, 5) is 13.4. The molecule has 2 unspecified atom stereocenters. The van der Waals surface area contributed by atoms with Crippen LogP contribution < -0.4 is 11.1 Å². The molecule has 0 radical (unpaired) electrons. The molecule has 0 saturated carbocycles. The summed E-state index contributed by atoms with van der Waals surface area (Å²) in [5.74, 6) is 0.0430. The number of hydrogen-bond acceptors (Lipinski definition) is 4. The molecule has 0 aliphatic carbocycles. The third kappa shape index (κ3) is 7.62. The Hall–Kier alpha value is -0.650. The van der Waals surface area contributed by atoms with Crippen molar-refractivity contribution in [3.63, 3.8) is 0 Å². The first-order chi connectivity index (χ1) is 7.49. The number of rotatable bonds is 8. The summed E-state index contributed by atoms with van der Waals surface area (Å²) in [7, 11) is 3.50. The van der Waals surface area contributed by atoms with Crippen LogP contribution in [0.5, 0.6) is 0 Å². The molecule has 1 amide bonds. The standard InChI is InChI=1S/C11H25N3O2/c1-5-9(2)13-11(15)7-14(3)6-10(12)8-16-4/h9-10H,5-8,12H2,1-4H3,(H,13,15). The van der Waals surface area contributed by atoms with Gasteiger partial charge in [-0.3, -0.25) is 9.69 Å². The fourth-order valence-electron chi connectivity index (χ4n) is 1.40. The highest BCUT2D eigenvalue weighted by molar-refractivity contribution is 5.78. The highest BCUT2D eigenvalue weighted by Crippen LogP contribution is 1.91. The Bertz CT molecular complexity index is 200. The number of hydrogen-bond donors (Lipinski definition) is 2. The van der Waals surface area contributed by atoms with Crippen molar-refractivity contribution in [1.29, 1.82) is 0 Å². The Morgan fingerprint density at radius 2 is 2.19 bits per heavy atom. The monoisotopic (exact) mass is 231 g/mol. The van der Waals surface area contributed by atoms with E-state index >= 15 is 0 Å². The smallest absolute Gasteiger partial charge is 0.234 e. The third-order valence-corrected chi connectivity index (χ3v) is 2.36. The van der Waals surface area contributed by atoms with Gasteiger partial charge < -0.3 is 15.8 Å². The lowest BCUT2D eigenvalue weighted by atomic mass is 10.2. The second kappa shape index (κ2) is 8.50. The molecule has 0 aliphatic rings. The van der Waals surface area contributed by atoms with Crippen molar-refractivity contribution in [2.24, 2.45) is 5.73 Å². The van der Waals surface area contributed by atoms with E-state index in [9.17, 15) is 4.79 Å². The number of nitrogens with two attached hydrogens (primary N) is 1. The predicted octanol–water partition coefficient (Wildman–Crippen LogP) is -0.193.